The summed E-state index contributed by atoms with van der Waals surface area (Å²) in [6.45, 7) is 0. The second-order valence-corrected chi connectivity index (χ2v) is 4.42. The Morgan fingerprint density at radius 2 is 2.00 bits per heavy atom. The van der Waals surface area contributed by atoms with Crippen molar-refractivity contribution in [1.82, 2.24) is 0 Å². The van der Waals surface area contributed by atoms with Crippen LogP contribution >= 0.6 is 0 Å². The average molecular weight is 223 g/mol. The minimum absolute atomic E-state index is 0.723. The molecule has 1 aromatic carbocycles. The van der Waals surface area contributed by atoms with Crippen LogP contribution in [-0.2, 0) is 12.8 Å². The maximum absolute atomic E-state index is 9.23. The zero-order valence-electron chi connectivity index (χ0n) is 9.57. The lowest BCUT2D eigenvalue weighted by Gasteiger charge is -2.19. The van der Waals surface area contributed by atoms with E-state index in [-0.39, 0.29) is 0 Å². The van der Waals surface area contributed by atoms with Crippen molar-refractivity contribution in [2.75, 3.05) is 0 Å². The van der Waals surface area contributed by atoms with Crippen molar-refractivity contribution < 1.29 is 4.42 Å². The van der Waals surface area contributed by atoms with Gasteiger partial charge in [0.25, 0.3) is 0 Å². The molecule has 2 nitrogen and oxygen atoms in total. The van der Waals surface area contributed by atoms with Crippen LogP contribution in [-0.4, -0.2) is 0 Å². The molecule has 0 saturated carbocycles. The molecule has 1 aliphatic carbocycles. The number of rotatable bonds is 1. The first-order valence-corrected chi connectivity index (χ1v) is 5.99. The number of hydrogen-bond acceptors (Lipinski definition) is 2. The van der Waals surface area contributed by atoms with Crippen LogP contribution in [0.1, 0.15) is 29.5 Å². The van der Waals surface area contributed by atoms with Crippen LogP contribution in [0, 0.1) is 11.3 Å². The third-order valence-corrected chi connectivity index (χ3v) is 3.42. The standard InChI is InChI=1S/C15H13NO/c16-10-12-8-7-11-4-1-2-5-13(11)15(12)14-6-3-9-17-14/h3,6-9H,1-2,4-5H2. The van der Waals surface area contributed by atoms with E-state index < -0.39 is 0 Å². The molecule has 0 atom stereocenters. The molecular formula is C15H13NO. The monoisotopic (exact) mass is 223 g/mol. The van der Waals surface area contributed by atoms with Gasteiger partial charge in [0.1, 0.15) is 5.76 Å². The van der Waals surface area contributed by atoms with E-state index in [1.807, 2.05) is 18.2 Å². The molecule has 0 aliphatic heterocycles. The summed E-state index contributed by atoms with van der Waals surface area (Å²) in [6, 6.07) is 10.1. The minimum atomic E-state index is 0.723. The van der Waals surface area contributed by atoms with Gasteiger partial charge in [0, 0.05) is 5.56 Å². The molecule has 84 valence electrons. The van der Waals surface area contributed by atoms with Gasteiger partial charge in [-0.25, -0.2) is 0 Å². The Labute approximate surface area is 100 Å². The Kier molecular flexibility index (Phi) is 2.45. The van der Waals surface area contributed by atoms with Gasteiger partial charge >= 0.3 is 0 Å². The zero-order valence-corrected chi connectivity index (χ0v) is 9.57. The topological polar surface area (TPSA) is 36.9 Å². The van der Waals surface area contributed by atoms with Gasteiger partial charge in [-0.15, -0.1) is 0 Å². The van der Waals surface area contributed by atoms with Crippen molar-refractivity contribution in [3.05, 3.63) is 47.2 Å². The number of nitriles is 1. The predicted octanol–water partition coefficient (Wildman–Crippen LogP) is 3.70. The number of hydrogen-bond donors (Lipinski definition) is 0. The summed E-state index contributed by atoms with van der Waals surface area (Å²) in [6.07, 6.45) is 6.29. The molecule has 0 fully saturated rings. The fraction of sp³-hybridized carbons (Fsp3) is 0.267. The summed E-state index contributed by atoms with van der Waals surface area (Å²) in [5.41, 5.74) is 4.42. The van der Waals surface area contributed by atoms with Gasteiger partial charge in [-0.3, -0.25) is 0 Å². The number of aryl methyl sites for hydroxylation is 1. The van der Waals surface area contributed by atoms with Crippen molar-refractivity contribution in [3.63, 3.8) is 0 Å². The third-order valence-electron chi connectivity index (χ3n) is 3.42. The normalized spacial score (nSPS) is 14.1. The van der Waals surface area contributed by atoms with E-state index in [0.717, 1.165) is 29.7 Å². The molecule has 0 bridgehead atoms. The highest BCUT2D eigenvalue weighted by molar-refractivity contribution is 5.72. The van der Waals surface area contributed by atoms with Crippen LogP contribution in [0.4, 0.5) is 0 Å². The van der Waals surface area contributed by atoms with E-state index in [9.17, 15) is 5.26 Å². The Morgan fingerprint density at radius 1 is 1.12 bits per heavy atom. The van der Waals surface area contributed by atoms with E-state index in [0.29, 0.717) is 0 Å². The molecule has 1 aromatic heterocycles. The highest BCUT2D eigenvalue weighted by atomic mass is 16.3. The number of furan rings is 1. The molecule has 0 unspecified atom stereocenters. The van der Waals surface area contributed by atoms with E-state index in [4.69, 9.17) is 4.42 Å². The summed E-state index contributed by atoms with van der Waals surface area (Å²) in [5.74, 6) is 0.820. The molecule has 0 spiro atoms. The molecule has 1 aliphatic rings. The van der Waals surface area contributed by atoms with Crippen molar-refractivity contribution >= 4 is 0 Å². The van der Waals surface area contributed by atoms with E-state index in [2.05, 4.69) is 12.1 Å². The van der Waals surface area contributed by atoms with Gasteiger partial charge in [-0.05, 0) is 55.0 Å². The average Bonchev–Trinajstić information content (AvgIpc) is 2.91. The molecule has 3 rings (SSSR count). The molecule has 2 aromatic rings. The van der Waals surface area contributed by atoms with Crippen molar-refractivity contribution in [1.29, 1.82) is 5.26 Å². The molecule has 0 radical (unpaired) electrons. The van der Waals surface area contributed by atoms with Crippen molar-refractivity contribution in [2.24, 2.45) is 0 Å². The Hall–Kier alpha value is -2.01. The van der Waals surface area contributed by atoms with Gasteiger partial charge in [0.2, 0.25) is 0 Å². The summed E-state index contributed by atoms with van der Waals surface area (Å²) < 4.78 is 5.48. The van der Waals surface area contributed by atoms with Crippen molar-refractivity contribution in [2.45, 2.75) is 25.7 Å². The van der Waals surface area contributed by atoms with Gasteiger partial charge in [-0.2, -0.15) is 5.26 Å². The summed E-state index contributed by atoms with van der Waals surface area (Å²) >= 11 is 0. The van der Waals surface area contributed by atoms with Crippen LogP contribution in [0.2, 0.25) is 0 Å². The van der Waals surface area contributed by atoms with Crippen molar-refractivity contribution in [3.8, 4) is 17.4 Å². The maximum Gasteiger partial charge on any atom is 0.135 e. The molecule has 0 N–H and O–H groups in total. The lowest BCUT2D eigenvalue weighted by Crippen LogP contribution is -2.05. The minimum Gasteiger partial charge on any atom is -0.464 e. The molecule has 2 heteroatoms. The van der Waals surface area contributed by atoms with Crippen LogP contribution < -0.4 is 0 Å². The maximum atomic E-state index is 9.23. The largest absolute Gasteiger partial charge is 0.464 e. The van der Waals surface area contributed by atoms with E-state index in [1.165, 1.54) is 24.0 Å². The smallest absolute Gasteiger partial charge is 0.135 e. The molecule has 17 heavy (non-hydrogen) atoms. The first-order valence-electron chi connectivity index (χ1n) is 5.99. The van der Waals surface area contributed by atoms with Crippen LogP contribution in [0.5, 0.6) is 0 Å². The van der Waals surface area contributed by atoms with E-state index in [1.54, 1.807) is 6.26 Å². The SMILES string of the molecule is N#Cc1ccc2c(c1-c1ccco1)CCCC2. The van der Waals surface area contributed by atoms with Gasteiger partial charge in [0.05, 0.1) is 17.9 Å². The summed E-state index contributed by atoms with van der Waals surface area (Å²) in [7, 11) is 0. The van der Waals surface area contributed by atoms with Crippen LogP contribution in [0.15, 0.2) is 34.9 Å². The fourth-order valence-electron chi connectivity index (χ4n) is 2.62. The second-order valence-electron chi connectivity index (χ2n) is 4.42. The highest BCUT2D eigenvalue weighted by Gasteiger charge is 2.19. The number of fused-ring (bicyclic) bond motifs is 1. The Bertz CT molecular complexity index is 576. The first-order chi connectivity index (χ1) is 8.40. The lowest BCUT2D eigenvalue weighted by atomic mass is 9.85. The molecular weight excluding hydrogens is 210 g/mol. The van der Waals surface area contributed by atoms with Gasteiger partial charge in [-0.1, -0.05) is 6.07 Å². The molecule has 0 saturated heterocycles. The van der Waals surface area contributed by atoms with E-state index >= 15 is 0 Å². The lowest BCUT2D eigenvalue weighted by molar-refractivity contribution is 0.579. The van der Waals surface area contributed by atoms with Gasteiger partial charge < -0.3 is 4.42 Å². The second kappa shape index (κ2) is 4.10. The number of nitrogens with zero attached hydrogens (tertiary/aromatic N) is 1. The van der Waals surface area contributed by atoms with Crippen LogP contribution in [0.25, 0.3) is 11.3 Å². The quantitative estimate of drug-likeness (QED) is 0.739. The molecule has 0 amide bonds. The third kappa shape index (κ3) is 1.64. The molecule has 1 heterocycles. The summed E-state index contributed by atoms with van der Waals surface area (Å²) in [4.78, 5) is 0. The highest BCUT2D eigenvalue weighted by Crippen LogP contribution is 2.34. The summed E-state index contributed by atoms with van der Waals surface area (Å²) in [5, 5.41) is 9.23. The Morgan fingerprint density at radius 3 is 2.76 bits per heavy atom. The van der Waals surface area contributed by atoms with Gasteiger partial charge in [0.15, 0.2) is 0 Å². The first kappa shape index (κ1) is 10.2. The number of benzene rings is 1. The predicted molar refractivity (Wildman–Crippen MR) is 65.5 cm³/mol. The van der Waals surface area contributed by atoms with Crippen LogP contribution in [0.3, 0.4) is 0 Å². The Balaban J connectivity index is 2.27. The zero-order chi connectivity index (χ0) is 11.7. The fourth-order valence-corrected chi connectivity index (χ4v) is 2.62.